The number of benzene rings is 1. The molecule has 0 bridgehead atoms. The topological polar surface area (TPSA) is 89.8 Å². The summed E-state index contributed by atoms with van der Waals surface area (Å²) >= 11 is 5.78. The number of nitro groups is 1. The van der Waals surface area contributed by atoms with Crippen LogP contribution in [0, 0.1) is 22.0 Å². The number of hydrogen-bond donors (Lipinski definition) is 0. The second kappa shape index (κ2) is 6.95. The molecule has 1 aromatic rings. The third kappa shape index (κ3) is 4.19. The Morgan fingerprint density at radius 3 is 2.78 bits per heavy atom. The zero-order valence-electron chi connectivity index (χ0n) is 12.8. The standard InChI is InChI=1S/C15H17ClN2O5/c1-9(2)7-17-8-10(5-14(17)19)15(20)23-11-3-4-13(18(21)22)12(16)6-11/h3-4,6,9-10H,5,7-8H2,1-2H3. The molecule has 1 unspecified atom stereocenters. The quantitative estimate of drug-likeness (QED) is 0.356. The predicted octanol–water partition coefficient (Wildman–Crippen LogP) is 2.66. The van der Waals surface area contributed by atoms with E-state index in [4.69, 9.17) is 16.3 Å². The zero-order valence-corrected chi connectivity index (χ0v) is 13.6. The Morgan fingerprint density at radius 1 is 1.52 bits per heavy atom. The van der Waals surface area contributed by atoms with Crippen LogP contribution in [0.5, 0.6) is 5.75 Å². The molecule has 124 valence electrons. The lowest BCUT2D eigenvalue weighted by Gasteiger charge is -2.18. The predicted molar refractivity (Wildman–Crippen MR) is 83.3 cm³/mol. The van der Waals surface area contributed by atoms with E-state index < -0.39 is 16.8 Å². The fourth-order valence-electron chi connectivity index (χ4n) is 2.45. The van der Waals surface area contributed by atoms with Gasteiger partial charge in [0.1, 0.15) is 10.8 Å². The maximum atomic E-state index is 12.1. The minimum absolute atomic E-state index is 0.0672. The maximum absolute atomic E-state index is 12.1. The Morgan fingerprint density at radius 2 is 2.22 bits per heavy atom. The molecule has 1 heterocycles. The molecule has 0 spiro atoms. The van der Waals surface area contributed by atoms with Crippen molar-refractivity contribution in [2.45, 2.75) is 20.3 Å². The van der Waals surface area contributed by atoms with Crippen molar-refractivity contribution >= 4 is 29.2 Å². The summed E-state index contributed by atoms with van der Waals surface area (Å²) in [5, 5.41) is 10.6. The van der Waals surface area contributed by atoms with Crippen molar-refractivity contribution in [2.75, 3.05) is 13.1 Å². The number of nitro benzene ring substituents is 1. The van der Waals surface area contributed by atoms with E-state index in [2.05, 4.69) is 0 Å². The molecule has 0 N–H and O–H groups in total. The molecule has 1 aliphatic heterocycles. The fourth-order valence-corrected chi connectivity index (χ4v) is 2.69. The zero-order chi connectivity index (χ0) is 17.1. The highest BCUT2D eigenvalue weighted by molar-refractivity contribution is 6.32. The largest absolute Gasteiger partial charge is 0.426 e. The second-order valence-corrected chi connectivity index (χ2v) is 6.29. The van der Waals surface area contributed by atoms with Gasteiger partial charge < -0.3 is 9.64 Å². The van der Waals surface area contributed by atoms with Gasteiger partial charge in [-0.25, -0.2) is 0 Å². The Bertz CT molecular complexity index is 647. The molecule has 0 saturated carbocycles. The summed E-state index contributed by atoms with van der Waals surface area (Å²) in [6.07, 6.45) is 0.117. The van der Waals surface area contributed by atoms with Crippen molar-refractivity contribution < 1.29 is 19.2 Å². The molecular weight excluding hydrogens is 324 g/mol. The van der Waals surface area contributed by atoms with E-state index in [1.807, 2.05) is 13.8 Å². The number of hydrogen-bond acceptors (Lipinski definition) is 5. The van der Waals surface area contributed by atoms with Crippen LogP contribution in [-0.2, 0) is 9.59 Å². The third-order valence-corrected chi connectivity index (χ3v) is 3.77. The smallest absolute Gasteiger partial charge is 0.316 e. The molecule has 1 aromatic carbocycles. The van der Waals surface area contributed by atoms with Crippen LogP contribution >= 0.6 is 11.6 Å². The molecule has 1 fully saturated rings. The van der Waals surface area contributed by atoms with Crippen LogP contribution in [0.3, 0.4) is 0 Å². The van der Waals surface area contributed by atoms with Gasteiger partial charge in [0.05, 0.1) is 10.8 Å². The number of esters is 1. The maximum Gasteiger partial charge on any atom is 0.316 e. The summed E-state index contributed by atoms with van der Waals surface area (Å²) in [4.78, 5) is 35.7. The van der Waals surface area contributed by atoms with Gasteiger partial charge in [-0.3, -0.25) is 19.7 Å². The van der Waals surface area contributed by atoms with E-state index in [-0.39, 0.29) is 28.8 Å². The third-order valence-electron chi connectivity index (χ3n) is 3.47. The molecule has 23 heavy (non-hydrogen) atoms. The molecule has 2 rings (SSSR count). The molecule has 8 heteroatoms. The van der Waals surface area contributed by atoms with Crippen molar-refractivity contribution in [1.29, 1.82) is 0 Å². The van der Waals surface area contributed by atoms with Crippen LogP contribution in [0.25, 0.3) is 0 Å². The van der Waals surface area contributed by atoms with Gasteiger partial charge in [-0.2, -0.15) is 0 Å². The highest BCUT2D eigenvalue weighted by Crippen LogP contribution is 2.29. The van der Waals surface area contributed by atoms with Crippen molar-refractivity contribution in [3.63, 3.8) is 0 Å². The molecule has 1 atom stereocenters. The Kier molecular flexibility index (Phi) is 5.20. The average molecular weight is 341 g/mol. The Hall–Kier alpha value is -2.15. The van der Waals surface area contributed by atoms with Crippen LogP contribution in [0.15, 0.2) is 18.2 Å². The van der Waals surface area contributed by atoms with E-state index in [0.717, 1.165) is 0 Å². The van der Waals surface area contributed by atoms with E-state index in [1.54, 1.807) is 4.90 Å². The summed E-state index contributed by atoms with van der Waals surface area (Å²) in [5.74, 6) is -0.685. The van der Waals surface area contributed by atoms with Gasteiger partial charge in [0.15, 0.2) is 0 Å². The number of rotatable bonds is 5. The van der Waals surface area contributed by atoms with Gasteiger partial charge in [-0.05, 0) is 12.0 Å². The molecule has 7 nitrogen and oxygen atoms in total. The van der Waals surface area contributed by atoms with Crippen molar-refractivity contribution in [2.24, 2.45) is 11.8 Å². The molecular formula is C15H17ClN2O5. The highest BCUT2D eigenvalue weighted by Gasteiger charge is 2.35. The number of halogens is 1. The van der Waals surface area contributed by atoms with Gasteiger partial charge in [0.25, 0.3) is 5.69 Å². The van der Waals surface area contributed by atoms with Crippen LogP contribution < -0.4 is 4.74 Å². The Labute approximate surface area is 138 Å². The molecule has 1 aliphatic rings. The summed E-state index contributed by atoms with van der Waals surface area (Å²) < 4.78 is 5.19. The minimum Gasteiger partial charge on any atom is -0.426 e. The van der Waals surface area contributed by atoms with Crippen LogP contribution in [-0.4, -0.2) is 34.8 Å². The number of likely N-dealkylation sites (tertiary alicyclic amines) is 1. The summed E-state index contributed by atoms with van der Waals surface area (Å²) in [5.41, 5.74) is -0.259. The Balaban J connectivity index is 2.01. The van der Waals surface area contributed by atoms with Crippen LogP contribution in [0.4, 0.5) is 5.69 Å². The highest BCUT2D eigenvalue weighted by atomic mass is 35.5. The molecule has 1 amide bonds. The summed E-state index contributed by atoms with van der Waals surface area (Å²) in [6.45, 7) is 4.93. The van der Waals surface area contributed by atoms with Crippen molar-refractivity contribution in [3.05, 3.63) is 33.3 Å². The van der Waals surface area contributed by atoms with E-state index >= 15 is 0 Å². The second-order valence-electron chi connectivity index (χ2n) is 5.89. The van der Waals surface area contributed by atoms with E-state index in [1.165, 1.54) is 18.2 Å². The monoisotopic (exact) mass is 340 g/mol. The first-order valence-corrected chi connectivity index (χ1v) is 7.59. The molecule has 1 saturated heterocycles. The van der Waals surface area contributed by atoms with E-state index in [0.29, 0.717) is 19.0 Å². The summed E-state index contributed by atoms with van der Waals surface area (Å²) in [7, 11) is 0. The van der Waals surface area contributed by atoms with Crippen molar-refractivity contribution in [3.8, 4) is 5.75 Å². The minimum atomic E-state index is -0.618. The first-order chi connectivity index (χ1) is 10.8. The fraction of sp³-hybridized carbons (Fsp3) is 0.467. The molecule has 0 aliphatic carbocycles. The van der Waals surface area contributed by atoms with E-state index in [9.17, 15) is 19.7 Å². The van der Waals surface area contributed by atoms with Gasteiger partial charge in [0, 0.05) is 31.6 Å². The number of ether oxygens (including phenoxy) is 1. The van der Waals surface area contributed by atoms with Crippen LogP contribution in [0.2, 0.25) is 5.02 Å². The number of carbonyl (C=O) groups excluding carboxylic acids is 2. The average Bonchev–Trinajstić information content (AvgIpc) is 2.79. The van der Waals surface area contributed by atoms with Crippen molar-refractivity contribution in [1.82, 2.24) is 4.90 Å². The lowest BCUT2D eigenvalue weighted by Crippen LogP contribution is -2.30. The number of amides is 1. The van der Waals surface area contributed by atoms with Gasteiger partial charge >= 0.3 is 5.97 Å². The van der Waals surface area contributed by atoms with Gasteiger partial charge in [0.2, 0.25) is 5.91 Å². The molecule has 0 radical (unpaired) electrons. The van der Waals surface area contributed by atoms with Gasteiger partial charge in [-0.15, -0.1) is 0 Å². The SMILES string of the molecule is CC(C)CN1CC(C(=O)Oc2ccc([N+](=O)[O-])c(Cl)c2)CC1=O. The number of nitrogens with zero attached hydrogens (tertiary/aromatic N) is 2. The first-order valence-electron chi connectivity index (χ1n) is 7.21. The first kappa shape index (κ1) is 17.2. The normalized spacial score (nSPS) is 17.7. The van der Waals surface area contributed by atoms with Crippen LogP contribution in [0.1, 0.15) is 20.3 Å². The number of carbonyl (C=O) groups is 2. The lowest BCUT2D eigenvalue weighted by molar-refractivity contribution is -0.384. The summed E-state index contributed by atoms with van der Waals surface area (Å²) in [6, 6.07) is 3.71. The lowest BCUT2D eigenvalue weighted by atomic mass is 10.1. The van der Waals surface area contributed by atoms with Gasteiger partial charge in [-0.1, -0.05) is 25.4 Å². The molecule has 0 aromatic heterocycles.